The highest BCUT2D eigenvalue weighted by Gasteiger charge is 2.31. The van der Waals surface area contributed by atoms with Crippen molar-refractivity contribution in [1.29, 1.82) is 0 Å². The summed E-state index contributed by atoms with van der Waals surface area (Å²) in [6.07, 6.45) is 2.24. The molecule has 1 N–H and O–H groups in total. The van der Waals surface area contributed by atoms with Crippen LogP contribution in [0.3, 0.4) is 0 Å². The zero-order valence-electron chi connectivity index (χ0n) is 10.6. The third kappa shape index (κ3) is 1.95. The Balaban J connectivity index is 1.91. The number of piperidine rings is 1. The van der Waals surface area contributed by atoms with Crippen molar-refractivity contribution in [2.45, 2.75) is 18.9 Å². The van der Waals surface area contributed by atoms with Gasteiger partial charge in [0.05, 0.1) is 0 Å². The Bertz CT molecular complexity index is 435. The van der Waals surface area contributed by atoms with E-state index in [1.165, 1.54) is 5.56 Å². The predicted molar refractivity (Wildman–Crippen MR) is 67.7 cm³/mol. The van der Waals surface area contributed by atoms with E-state index in [9.17, 15) is 5.11 Å². The van der Waals surface area contributed by atoms with Crippen molar-refractivity contribution in [2.24, 2.45) is 5.92 Å². The Morgan fingerprint density at radius 3 is 3.00 bits per heavy atom. The number of ether oxygens (including phenoxy) is 2. The maximum Gasteiger partial charge on any atom is 0.231 e. The minimum Gasteiger partial charge on any atom is -0.454 e. The highest BCUT2D eigenvalue weighted by atomic mass is 16.7. The van der Waals surface area contributed by atoms with Crippen LogP contribution in [-0.2, 0) is 0 Å². The Morgan fingerprint density at radius 1 is 1.33 bits per heavy atom. The van der Waals surface area contributed by atoms with Gasteiger partial charge >= 0.3 is 0 Å². The second kappa shape index (κ2) is 4.78. The molecule has 0 unspecified atom stereocenters. The molecule has 1 aromatic rings. The lowest BCUT2D eigenvalue weighted by molar-refractivity contribution is 0.0741. The summed E-state index contributed by atoms with van der Waals surface area (Å²) in [4.78, 5) is 2.32. The average molecular weight is 249 g/mol. The summed E-state index contributed by atoms with van der Waals surface area (Å²) in [7, 11) is 2.12. The molecule has 2 aliphatic rings. The van der Waals surface area contributed by atoms with Crippen LogP contribution in [0.1, 0.15) is 24.4 Å². The van der Waals surface area contributed by atoms with E-state index in [4.69, 9.17) is 9.47 Å². The Labute approximate surface area is 107 Å². The lowest BCUT2D eigenvalue weighted by atomic mass is 9.85. The molecule has 98 valence electrons. The van der Waals surface area contributed by atoms with Crippen molar-refractivity contribution in [3.63, 3.8) is 0 Å². The Kier molecular flexibility index (Phi) is 3.14. The maximum absolute atomic E-state index is 9.55. The van der Waals surface area contributed by atoms with Crippen LogP contribution in [0.5, 0.6) is 11.5 Å². The van der Waals surface area contributed by atoms with E-state index in [-0.39, 0.29) is 12.6 Å². The zero-order chi connectivity index (χ0) is 12.5. The van der Waals surface area contributed by atoms with Crippen LogP contribution in [0.2, 0.25) is 0 Å². The molecule has 0 saturated carbocycles. The second-order valence-corrected chi connectivity index (χ2v) is 5.12. The van der Waals surface area contributed by atoms with Crippen molar-refractivity contribution in [2.75, 3.05) is 27.0 Å². The first-order valence-electron chi connectivity index (χ1n) is 6.50. The van der Waals surface area contributed by atoms with Crippen LogP contribution in [0, 0.1) is 5.92 Å². The van der Waals surface area contributed by atoms with Gasteiger partial charge in [-0.2, -0.15) is 0 Å². The molecular weight excluding hydrogens is 230 g/mol. The zero-order valence-corrected chi connectivity index (χ0v) is 10.6. The normalized spacial score (nSPS) is 27.4. The minimum atomic E-state index is 0.240. The molecule has 4 nitrogen and oxygen atoms in total. The largest absolute Gasteiger partial charge is 0.454 e. The number of aliphatic hydroxyl groups is 1. The summed E-state index contributed by atoms with van der Waals surface area (Å²) in [5, 5.41) is 9.55. The fourth-order valence-corrected chi connectivity index (χ4v) is 3.07. The van der Waals surface area contributed by atoms with Gasteiger partial charge in [0, 0.05) is 18.6 Å². The third-order valence-corrected chi connectivity index (χ3v) is 3.98. The van der Waals surface area contributed by atoms with E-state index >= 15 is 0 Å². The summed E-state index contributed by atoms with van der Waals surface area (Å²) in [5.41, 5.74) is 1.21. The molecule has 0 aliphatic carbocycles. The van der Waals surface area contributed by atoms with E-state index in [1.807, 2.05) is 6.07 Å². The first-order valence-corrected chi connectivity index (χ1v) is 6.50. The Hall–Kier alpha value is -1.26. The highest BCUT2D eigenvalue weighted by Crippen LogP contribution is 2.40. The molecule has 0 radical (unpaired) electrons. The molecule has 18 heavy (non-hydrogen) atoms. The number of rotatable bonds is 2. The standard InChI is InChI=1S/C14H19NO3/c1-15-6-2-3-11(8-16)14(15)10-4-5-12-13(7-10)18-9-17-12/h4-5,7,11,14,16H,2-3,6,8-9H2,1H3/t11-,14+/m0/s1. The number of nitrogens with zero attached hydrogens (tertiary/aromatic N) is 1. The molecule has 3 rings (SSSR count). The van der Waals surface area contributed by atoms with Crippen LogP contribution >= 0.6 is 0 Å². The first-order chi connectivity index (χ1) is 8.79. The van der Waals surface area contributed by atoms with Crippen molar-refractivity contribution < 1.29 is 14.6 Å². The monoisotopic (exact) mass is 249 g/mol. The highest BCUT2D eigenvalue weighted by molar-refractivity contribution is 5.45. The lowest BCUT2D eigenvalue weighted by Gasteiger charge is -2.38. The topological polar surface area (TPSA) is 41.9 Å². The van der Waals surface area contributed by atoms with Gasteiger partial charge in [-0.05, 0) is 44.1 Å². The molecule has 0 aromatic heterocycles. The molecule has 1 aromatic carbocycles. The number of fused-ring (bicyclic) bond motifs is 1. The molecule has 2 heterocycles. The van der Waals surface area contributed by atoms with E-state index in [0.717, 1.165) is 30.9 Å². The quantitative estimate of drug-likeness (QED) is 0.867. The van der Waals surface area contributed by atoms with Gasteiger partial charge in [-0.15, -0.1) is 0 Å². The summed E-state index contributed by atoms with van der Waals surface area (Å²) < 4.78 is 10.8. The molecular formula is C14H19NO3. The average Bonchev–Trinajstić information content (AvgIpc) is 2.85. The number of aliphatic hydroxyl groups excluding tert-OH is 1. The first kappa shape index (κ1) is 11.8. The molecule has 0 spiro atoms. The van der Waals surface area contributed by atoms with E-state index < -0.39 is 0 Å². The fraction of sp³-hybridized carbons (Fsp3) is 0.571. The van der Waals surface area contributed by atoms with Gasteiger partial charge < -0.3 is 14.6 Å². The second-order valence-electron chi connectivity index (χ2n) is 5.12. The van der Waals surface area contributed by atoms with Gasteiger partial charge in [-0.25, -0.2) is 0 Å². The van der Waals surface area contributed by atoms with Crippen LogP contribution in [0.4, 0.5) is 0 Å². The van der Waals surface area contributed by atoms with Crippen LogP contribution in [-0.4, -0.2) is 37.0 Å². The summed E-state index contributed by atoms with van der Waals surface area (Å²) in [6.45, 7) is 1.63. The smallest absolute Gasteiger partial charge is 0.231 e. The van der Waals surface area contributed by atoms with Gasteiger partial charge in [0.2, 0.25) is 6.79 Å². The van der Waals surface area contributed by atoms with Crippen molar-refractivity contribution in [3.8, 4) is 11.5 Å². The number of benzene rings is 1. The van der Waals surface area contributed by atoms with E-state index in [1.54, 1.807) is 0 Å². The third-order valence-electron chi connectivity index (χ3n) is 3.98. The predicted octanol–water partition coefficient (Wildman–Crippen LogP) is 1.79. The number of hydrogen-bond donors (Lipinski definition) is 1. The maximum atomic E-state index is 9.55. The van der Waals surface area contributed by atoms with Crippen LogP contribution in [0.25, 0.3) is 0 Å². The van der Waals surface area contributed by atoms with Gasteiger partial charge in [-0.1, -0.05) is 6.07 Å². The number of hydrogen-bond acceptors (Lipinski definition) is 4. The lowest BCUT2D eigenvalue weighted by Crippen LogP contribution is -2.37. The minimum absolute atomic E-state index is 0.240. The van der Waals surface area contributed by atoms with Crippen LogP contribution < -0.4 is 9.47 Å². The van der Waals surface area contributed by atoms with Crippen molar-refractivity contribution >= 4 is 0 Å². The van der Waals surface area contributed by atoms with Crippen molar-refractivity contribution in [3.05, 3.63) is 23.8 Å². The van der Waals surface area contributed by atoms with Gasteiger partial charge in [-0.3, -0.25) is 4.90 Å². The van der Waals surface area contributed by atoms with Gasteiger partial charge in [0.1, 0.15) is 0 Å². The number of likely N-dealkylation sites (tertiary alicyclic amines) is 1. The van der Waals surface area contributed by atoms with Gasteiger partial charge in [0.25, 0.3) is 0 Å². The summed E-state index contributed by atoms with van der Waals surface area (Å²) in [6, 6.07) is 6.38. The van der Waals surface area contributed by atoms with E-state index in [0.29, 0.717) is 12.7 Å². The molecule has 0 bridgehead atoms. The van der Waals surface area contributed by atoms with E-state index in [2.05, 4.69) is 24.1 Å². The molecule has 1 saturated heterocycles. The molecule has 2 aliphatic heterocycles. The van der Waals surface area contributed by atoms with Crippen molar-refractivity contribution in [1.82, 2.24) is 4.90 Å². The SMILES string of the molecule is CN1CCC[C@@H](CO)[C@H]1c1ccc2c(c1)OCO2. The molecule has 2 atom stereocenters. The molecule has 1 fully saturated rings. The van der Waals surface area contributed by atoms with Crippen LogP contribution in [0.15, 0.2) is 18.2 Å². The summed E-state index contributed by atoms with van der Waals surface area (Å²) in [5.74, 6) is 1.95. The Morgan fingerprint density at radius 2 is 2.17 bits per heavy atom. The molecule has 4 heteroatoms. The summed E-state index contributed by atoms with van der Waals surface area (Å²) >= 11 is 0. The fourth-order valence-electron chi connectivity index (χ4n) is 3.07. The molecule has 0 amide bonds. The van der Waals surface area contributed by atoms with Gasteiger partial charge in [0.15, 0.2) is 11.5 Å².